The molecule has 1 aliphatic rings. The fraction of sp³-hybridized carbons (Fsp3) is 0.429. The summed E-state index contributed by atoms with van der Waals surface area (Å²) >= 11 is 0. The van der Waals surface area contributed by atoms with E-state index in [1.807, 2.05) is 0 Å². The molecule has 96 valence electrons. The Morgan fingerprint density at radius 3 is 2.83 bits per heavy atom. The topological polar surface area (TPSA) is 37.4 Å². The van der Waals surface area contributed by atoms with Crippen LogP contribution in [-0.2, 0) is 16.0 Å². The smallest absolute Gasteiger partial charge is 0.227 e. The molecule has 0 bridgehead atoms. The number of carbonyl (C=O) groups is 2. The lowest BCUT2D eigenvalue weighted by Gasteiger charge is -2.33. The van der Waals surface area contributed by atoms with Crippen LogP contribution in [0.15, 0.2) is 18.2 Å². The van der Waals surface area contributed by atoms with Crippen molar-refractivity contribution in [3.05, 3.63) is 29.6 Å². The van der Waals surface area contributed by atoms with Gasteiger partial charge in [0.15, 0.2) is 5.78 Å². The van der Waals surface area contributed by atoms with Gasteiger partial charge in [0.1, 0.15) is 5.82 Å². The highest BCUT2D eigenvalue weighted by Gasteiger charge is 2.31. The van der Waals surface area contributed by atoms with Crippen molar-refractivity contribution in [3.63, 3.8) is 0 Å². The number of Topliss-reactive ketones (excluding diaryl/α,β-unsaturated/α-hetero) is 1. The molecule has 0 saturated carbocycles. The molecule has 1 aromatic carbocycles. The van der Waals surface area contributed by atoms with Gasteiger partial charge in [-0.05, 0) is 37.1 Å². The molecule has 1 aromatic rings. The van der Waals surface area contributed by atoms with Crippen LogP contribution in [0.2, 0.25) is 0 Å². The summed E-state index contributed by atoms with van der Waals surface area (Å²) in [5.74, 6) is -0.360. The van der Waals surface area contributed by atoms with Gasteiger partial charge in [0.2, 0.25) is 5.91 Å². The van der Waals surface area contributed by atoms with E-state index in [2.05, 4.69) is 0 Å². The minimum absolute atomic E-state index is 0.0144. The van der Waals surface area contributed by atoms with Gasteiger partial charge in [-0.15, -0.1) is 0 Å². The van der Waals surface area contributed by atoms with E-state index in [9.17, 15) is 14.0 Å². The second-order valence-electron chi connectivity index (χ2n) is 4.53. The number of aryl methyl sites for hydroxylation is 1. The molecule has 1 amide bonds. The Balaban J connectivity index is 2.42. The van der Waals surface area contributed by atoms with Gasteiger partial charge < -0.3 is 4.90 Å². The molecule has 3 nitrogen and oxygen atoms in total. The first kappa shape index (κ1) is 12.7. The maximum absolute atomic E-state index is 13.2. The molecular formula is C14H16FNO2. The minimum atomic E-state index is -0.480. The Kier molecular flexibility index (Phi) is 3.45. The van der Waals surface area contributed by atoms with Crippen molar-refractivity contribution in [2.45, 2.75) is 39.2 Å². The van der Waals surface area contributed by atoms with E-state index in [0.29, 0.717) is 24.9 Å². The van der Waals surface area contributed by atoms with Gasteiger partial charge in [0.25, 0.3) is 0 Å². The standard InChI is InChI=1S/C14H16FNO2/c1-3-13(17)9(2)16-12-6-5-11(15)8-10(12)4-7-14(16)18/h5-6,8-9H,3-4,7H2,1-2H3. The molecule has 18 heavy (non-hydrogen) atoms. The molecule has 1 heterocycles. The summed E-state index contributed by atoms with van der Waals surface area (Å²) in [6.45, 7) is 3.50. The molecule has 0 N–H and O–H groups in total. The zero-order valence-corrected chi connectivity index (χ0v) is 10.6. The average molecular weight is 249 g/mol. The predicted octanol–water partition coefficient (Wildman–Crippen LogP) is 2.47. The SMILES string of the molecule is CCC(=O)C(C)N1C(=O)CCc2cc(F)ccc21. The Hall–Kier alpha value is -1.71. The molecule has 0 aliphatic carbocycles. The van der Waals surface area contributed by atoms with E-state index in [-0.39, 0.29) is 17.5 Å². The Morgan fingerprint density at radius 1 is 1.44 bits per heavy atom. The summed E-state index contributed by atoms with van der Waals surface area (Å²) in [5, 5.41) is 0. The normalized spacial score (nSPS) is 16.4. The first-order chi connectivity index (χ1) is 8.54. The predicted molar refractivity (Wildman–Crippen MR) is 67.0 cm³/mol. The fourth-order valence-electron chi connectivity index (χ4n) is 2.35. The van der Waals surface area contributed by atoms with Crippen LogP contribution in [0, 0.1) is 5.82 Å². The summed E-state index contributed by atoms with van der Waals surface area (Å²) in [6, 6.07) is 3.87. The summed E-state index contributed by atoms with van der Waals surface area (Å²) in [7, 11) is 0. The summed E-state index contributed by atoms with van der Waals surface area (Å²) in [5.41, 5.74) is 1.47. The number of benzene rings is 1. The summed E-state index contributed by atoms with van der Waals surface area (Å²) < 4.78 is 13.2. The highest BCUT2D eigenvalue weighted by molar-refractivity contribution is 6.03. The summed E-state index contributed by atoms with van der Waals surface area (Å²) in [6.07, 6.45) is 1.26. The number of carbonyl (C=O) groups excluding carboxylic acids is 2. The van der Waals surface area contributed by atoms with Crippen molar-refractivity contribution in [3.8, 4) is 0 Å². The first-order valence-electron chi connectivity index (χ1n) is 6.17. The molecule has 1 aliphatic heterocycles. The lowest BCUT2D eigenvalue weighted by Crippen LogP contribution is -2.45. The van der Waals surface area contributed by atoms with E-state index >= 15 is 0 Å². The van der Waals surface area contributed by atoms with Gasteiger partial charge in [-0.25, -0.2) is 4.39 Å². The van der Waals surface area contributed by atoms with Crippen molar-refractivity contribution < 1.29 is 14.0 Å². The molecule has 1 unspecified atom stereocenters. The number of rotatable bonds is 3. The van der Waals surface area contributed by atoms with Crippen LogP contribution in [0.3, 0.4) is 0 Å². The maximum atomic E-state index is 13.2. The van der Waals surface area contributed by atoms with Crippen LogP contribution in [0.25, 0.3) is 0 Å². The number of ketones is 1. The molecule has 4 heteroatoms. The van der Waals surface area contributed by atoms with E-state index in [1.165, 1.54) is 17.0 Å². The third-order valence-electron chi connectivity index (χ3n) is 3.38. The number of amides is 1. The zero-order chi connectivity index (χ0) is 13.3. The van der Waals surface area contributed by atoms with E-state index in [4.69, 9.17) is 0 Å². The number of halogens is 1. The quantitative estimate of drug-likeness (QED) is 0.825. The van der Waals surface area contributed by atoms with Crippen molar-refractivity contribution in [2.75, 3.05) is 4.90 Å². The van der Waals surface area contributed by atoms with Crippen LogP contribution >= 0.6 is 0 Å². The fourth-order valence-corrected chi connectivity index (χ4v) is 2.35. The van der Waals surface area contributed by atoms with Crippen LogP contribution < -0.4 is 4.90 Å². The Bertz CT molecular complexity index is 499. The van der Waals surface area contributed by atoms with Crippen LogP contribution in [-0.4, -0.2) is 17.7 Å². The number of hydrogen-bond donors (Lipinski definition) is 0. The van der Waals surface area contributed by atoms with E-state index in [1.54, 1.807) is 19.9 Å². The molecule has 0 saturated heterocycles. The summed E-state index contributed by atoms with van der Waals surface area (Å²) in [4.78, 5) is 25.3. The lowest BCUT2D eigenvalue weighted by atomic mass is 9.98. The third kappa shape index (κ3) is 2.15. The number of anilines is 1. The zero-order valence-electron chi connectivity index (χ0n) is 10.6. The Morgan fingerprint density at radius 2 is 2.17 bits per heavy atom. The van der Waals surface area contributed by atoms with Gasteiger partial charge >= 0.3 is 0 Å². The van der Waals surface area contributed by atoms with Crippen LogP contribution in [0.1, 0.15) is 32.3 Å². The maximum Gasteiger partial charge on any atom is 0.227 e. The van der Waals surface area contributed by atoms with Gasteiger partial charge in [-0.2, -0.15) is 0 Å². The molecular weight excluding hydrogens is 233 g/mol. The Labute approximate surface area is 106 Å². The average Bonchev–Trinajstić information content (AvgIpc) is 2.37. The first-order valence-corrected chi connectivity index (χ1v) is 6.17. The highest BCUT2D eigenvalue weighted by Crippen LogP contribution is 2.30. The third-order valence-corrected chi connectivity index (χ3v) is 3.38. The highest BCUT2D eigenvalue weighted by atomic mass is 19.1. The lowest BCUT2D eigenvalue weighted by molar-refractivity contribution is -0.124. The van der Waals surface area contributed by atoms with Crippen LogP contribution in [0.4, 0.5) is 10.1 Å². The number of hydrogen-bond acceptors (Lipinski definition) is 2. The van der Waals surface area contributed by atoms with Gasteiger partial charge in [0, 0.05) is 18.5 Å². The van der Waals surface area contributed by atoms with Crippen LogP contribution in [0.5, 0.6) is 0 Å². The largest absolute Gasteiger partial charge is 0.302 e. The van der Waals surface area contributed by atoms with Crippen molar-refractivity contribution >= 4 is 17.4 Å². The molecule has 2 rings (SSSR count). The molecule has 1 atom stereocenters. The molecule has 0 spiro atoms. The van der Waals surface area contributed by atoms with E-state index < -0.39 is 6.04 Å². The van der Waals surface area contributed by atoms with E-state index in [0.717, 1.165) is 5.56 Å². The molecule has 0 radical (unpaired) electrons. The van der Waals surface area contributed by atoms with Crippen molar-refractivity contribution in [1.82, 2.24) is 0 Å². The van der Waals surface area contributed by atoms with Crippen molar-refractivity contribution in [2.24, 2.45) is 0 Å². The molecule has 0 fully saturated rings. The minimum Gasteiger partial charge on any atom is -0.302 e. The van der Waals surface area contributed by atoms with Gasteiger partial charge in [-0.1, -0.05) is 6.92 Å². The number of fused-ring (bicyclic) bond motifs is 1. The van der Waals surface area contributed by atoms with Crippen molar-refractivity contribution in [1.29, 1.82) is 0 Å². The molecule has 0 aromatic heterocycles. The van der Waals surface area contributed by atoms with Gasteiger partial charge in [-0.3, -0.25) is 9.59 Å². The van der Waals surface area contributed by atoms with Gasteiger partial charge in [0.05, 0.1) is 6.04 Å². The second kappa shape index (κ2) is 4.88. The monoisotopic (exact) mass is 249 g/mol. The second-order valence-corrected chi connectivity index (χ2v) is 4.53. The number of nitrogens with zero attached hydrogens (tertiary/aromatic N) is 1.